The number of H-pyrrole nitrogens is 1. The van der Waals surface area contributed by atoms with Gasteiger partial charge in [-0.2, -0.15) is 0 Å². The van der Waals surface area contributed by atoms with Gasteiger partial charge < -0.3 is 4.98 Å². The Hall–Kier alpha value is -1.48. The number of aromatic nitrogens is 1. The first-order chi connectivity index (χ1) is 12.2. The van der Waals surface area contributed by atoms with Gasteiger partial charge in [-0.05, 0) is 48.8 Å². The molecule has 1 atom stereocenters. The number of thioether (sulfide) groups is 1. The van der Waals surface area contributed by atoms with Crippen molar-refractivity contribution < 1.29 is 0 Å². The molecule has 2 nitrogen and oxygen atoms in total. The van der Waals surface area contributed by atoms with Gasteiger partial charge in [-0.3, -0.25) is 4.79 Å². The van der Waals surface area contributed by atoms with Gasteiger partial charge in [0.15, 0.2) is 0 Å². The summed E-state index contributed by atoms with van der Waals surface area (Å²) in [6.45, 7) is 2.11. The Kier molecular flexibility index (Phi) is 6.41. The van der Waals surface area contributed by atoms with Crippen molar-refractivity contribution in [1.82, 2.24) is 4.98 Å². The Labute approximate surface area is 155 Å². The minimum absolute atomic E-state index is 0.0940. The van der Waals surface area contributed by atoms with Gasteiger partial charge in [-0.15, -0.1) is 11.8 Å². The van der Waals surface area contributed by atoms with E-state index >= 15 is 0 Å². The number of aromatic amines is 1. The van der Waals surface area contributed by atoms with E-state index in [0.29, 0.717) is 5.92 Å². The van der Waals surface area contributed by atoms with Crippen LogP contribution in [0, 0.1) is 5.92 Å². The Balaban J connectivity index is 1.91. The van der Waals surface area contributed by atoms with Crippen LogP contribution in [0.5, 0.6) is 0 Å². The van der Waals surface area contributed by atoms with Crippen LogP contribution in [0.2, 0.25) is 0 Å². The molecule has 1 N–H and O–H groups in total. The maximum atomic E-state index is 12.4. The molecule has 0 aliphatic heterocycles. The first kappa shape index (κ1) is 18.3. The third-order valence-electron chi connectivity index (χ3n) is 5.47. The molecule has 1 fully saturated rings. The van der Waals surface area contributed by atoms with Gasteiger partial charge >= 0.3 is 0 Å². The Bertz CT molecular complexity index is 728. The highest BCUT2D eigenvalue weighted by Crippen LogP contribution is 2.37. The number of pyridine rings is 1. The van der Waals surface area contributed by atoms with Crippen molar-refractivity contribution in [2.45, 2.75) is 62.7 Å². The van der Waals surface area contributed by atoms with E-state index in [4.69, 9.17) is 0 Å². The molecule has 0 saturated heterocycles. The molecule has 1 aromatic heterocycles. The lowest BCUT2D eigenvalue weighted by molar-refractivity contribution is 0.468. The standard InChI is InChI=1S/C22H29NOS/c1-3-6-18-11-14-21(23-22(18)24)20(15-16-7-4-5-8-16)17-9-12-19(25-2)13-10-17/h9-14,16,20H,3-8,15H2,1-2H3,(H,23,24). The zero-order valence-corrected chi connectivity index (χ0v) is 16.2. The number of benzene rings is 1. The Morgan fingerprint density at radius 3 is 2.44 bits per heavy atom. The van der Waals surface area contributed by atoms with Crippen molar-refractivity contribution in [3.63, 3.8) is 0 Å². The lowest BCUT2D eigenvalue weighted by Gasteiger charge is -2.22. The summed E-state index contributed by atoms with van der Waals surface area (Å²) in [5.74, 6) is 1.08. The fourth-order valence-corrected chi connectivity index (χ4v) is 4.46. The molecule has 0 spiro atoms. The molecule has 1 aliphatic rings. The number of rotatable bonds is 7. The fraction of sp³-hybridized carbons (Fsp3) is 0.500. The number of hydrogen-bond acceptors (Lipinski definition) is 2. The predicted octanol–water partition coefficient (Wildman–Crippen LogP) is 5.76. The third-order valence-corrected chi connectivity index (χ3v) is 6.21. The maximum absolute atomic E-state index is 12.4. The molecule has 1 heterocycles. The molecule has 1 unspecified atom stereocenters. The van der Waals surface area contributed by atoms with E-state index in [1.165, 1.54) is 36.1 Å². The van der Waals surface area contributed by atoms with Crippen LogP contribution < -0.4 is 5.56 Å². The Morgan fingerprint density at radius 1 is 1.12 bits per heavy atom. The predicted molar refractivity (Wildman–Crippen MR) is 108 cm³/mol. The van der Waals surface area contributed by atoms with Crippen molar-refractivity contribution in [2.24, 2.45) is 5.92 Å². The van der Waals surface area contributed by atoms with Gasteiger partial charge in [-0.1, -0.05) is 57.2 Å². The van der Waals surface area contributed by atoms with Crippen LogP contribution in [0.4, 0.5) is 0 Å². The minimum Gasteiger partial charge on any atom is -0.325 e. The molecule has 3 heteroatoms. The van der Waals surface area contributed by atoms with Crippen molar-refractivity contribution >= 4 is 11.8 Å². The number of hydrogen-bond donors (Lipinski definition) is 1. The molecule has 25 heavy (non-hydrogen) atoms. The van der Waals surface area contributed by atoms with Crippen LogP contribution in [0.25, 0.3) is 0 Å². The second kappa shape index (κ2) is 8.75. The van der Waals surface area contributed by atoms with Crippen LogP contribution in [0.15, 0.2) is 46.1 Å². The van der Waals surface area contributed by atoms with Gasteiger partial charge in [0.1, 0.15) is 0 Å². The molecular weight excluding hydrogens is 326 g/mol. The van der Waals surface area contributed by atoms with E-state index in [1.54, 1.807) is 11.8 Å². The maximum Gasteiger partial charge on any atom is 0.251 e. The van der Waals surface area contributed by atoms with Gasteiger partial charge in [0.25, 0.3) is 5.56 Å². The Morgan fingerprint density at radius 2 is 1.84 bits per heavy atom. The van der Waals surface area contributed by atoms with Crippen molar-refractivity contribution in [3.8, 4) is 0 Å². The molecular formula is C22H29NOS. The highest BCUT2D eigenvalue weighted by atomic mass is 32.2. The van der Waals surface area contributed by atoms with Gasteiger partial charge in [-0.25, -0.2) is 0 Å². The third kappa shape index (κ3) is 4.58. The topological polar surface area (TPSA) is 32.9 Å². The SMILES string of the molecule is CCCc1ccc(C(CC2CCCC2)c2ccc(SC)cc2)[nH]c1=O. The van der Waals surface area contributed by atoms with Crippen LogP contribution in [-0.4, -0.2) is 11.2 Å². The molecule has 2 aromatic rings. The van der Waals surface area contributed by atoms with Crippen molar-refractivity contribution in [3.05, 3.63) is 63.6 Å². The van der Waals surface area contributed by atoms with Crippen LogP contribution in [0.1, 0.15) is 68.2 Å². The molecule has 3 rings (SSSR count). The van der Waals surface area contributed by atoms with E-state index in [-0.39, 0.29) is 5.56 Å². The van der Waals surface area contributed by atoms with E-state index in [1.807, 2.05) is 6.07 Å². The lowest BCUT2D eigenvalue weighted by Crippen LogP contribution is -2.18. The van der Waals surface area contributed by atoms with Gasteiger partial charge in [0.2, 0.25) is 0 Å². The zero-order valence-electron chi connectivity index (χ0n) is 15.4. The fourth-order valence-electron chi connectivity index (χ4n) is 4.05. The smallest absolute Gasteiger partial charge is 0.251 e. The first-order valence-corrected chi connectivity index (χ1v) is 10.8. The van der Waals surface area contributed by atoms with E-state index in [2.05, 4.69) is 48.5 Å². The second-order valence-corrected chi connectivity index (χ2v) is 8.11. The molecule has 1 aromatic carbocycles. The summed E-state index contributed by atoms with van der Waals surface area (Å²) in [5, 5.41) is 0. The largest absolute Gasteiger partial charge is 0.325 e. The summed E-state index contributed by atoms with van der Waals surface area (Å²) in [6.07, 6.45) is 10.5. The summed E-state index contributed by atoms with van der Waals surface area (Å²) < 4.78 is 0. The van der Waals surface area contributed by atoms with Crippen molar-refractivity contribution in [1.29, 1.82) is 0 Å². The molecule has 1 saturated carbocycles. The summed E-state index contributed by atoms with van der Waals surface area (Å²) in [5.41, 5.74) is 3.40. The van der Waals surface area contributed by atoms with Crippen molar-refractivity contribution in [2.75, 3.05) is 6.26 Å². The highest BCUT2D eigenvalue weighted by Gasteiger charge is 2.23. The van der Waals surface area contributed by atoms with E-state index in [9.17, 15) is 4.79 Å². The number of aryl methyl sites for hydroxylation is 1. The van der Waals surface area contributed by atoms with Crippen LogP contribution >= 0.6 is 11.8 Å². The van der Waals surface area contributed by atoms with E-state index < -0.39 is 0 Å². The summed E-state index contributed by atoms with van der Waals surface area (Å²) in [6, 6.07) is 13.1. The number of nitrogens with one attached hydrogen (secondary N) is 1. The van der Waals surface area contributed by atoms with Gasteiger partial charge in [0, 0.05) is 22.1 Å². The first-order valence-electron chi connectivity index (χ1n) is 9.57. The minimum atomic E-state index is 0.0940. The van der Waals surface area contributed by atoms with E-state index in [0.717, 1.165) is 36.4 Å². The molecule has 0 amide bonds. The molecule has 1 aliphatic carbocycles. The average molecular weight is 356 g/mol. The second-order valence-electron chi connectivity index (χ2n) is 7.23. The molecule has 134 valence electrons. The quantitative estimate of drug-likeness (QED) is 0.640. The van der Waals surface area contributed by atoms with Crippen LogP contribution in [-0.2, 0) is 6.42 Å². The lowest BCUT2D eigenvalue weighted by atomic mass is 9.85. The molecule has 0 radical (unpaired) electrons. The summed E-state index contributed by atoms with van der Waals surface area (Å²) in [4.78, 5) is 16.9. The zero-order chi connectivity index (χ0) is 17.6. The average Bonchev–Trinajstić information content (AvgIpc) is 3.15. The van der Waals surface area contributed by atoms with Gasteiger partial charge in [0.05, 0.1) is 0 Å². The van der Waals surface area contributed by atoms with Crippen LogP contribution in [0.3, 0.4) is 0 Å². The molecule has 0 bridgehead atoms. The highest BCUT2D eigenvalue weighted by molar-refractivity contribution is 7.98. The monoisotopic (exact) mass is 355 g/mol. The summed E-state index contributed by atoms with van der Waals surface area (Å²) in [7, 11) is 0. The summed E-state index contributed by atoms with van der Waals surface area (Å²) >= 11 is 1.77. The normalized spacial score (nSPS) is 16.2.